The van der Waals surface area contributed by atoms with Crippen LogP contribution in [0.15, 0.2) is 12.1 Å². The van der Waals surface area contributed by atoms with Crippen LogP contribution in [0.5, 0.6) is 0 Å². The third-order valence-electron chi connectivity index (χ3n) is 4.31. The third-order valence-corrected chi connectivity index (χ3v) is 4.31. The zero-order valence-electron chi connectivity index (χ0n) is 13.1. The Balaban J connectivity index is 2.41. The van der Waals surface area contributed by atoms with E-state index in [1.54, 1.807) is 12.1 Å². The molecule has 0 aliphatic carbocycles. The van der Waals surface area contributed by atoms with Crippen LogP contribution < -0.4 is 5.32 Å². The first-order valence-corrected chi connectivity index (χ1v) is 7.62. The molecule has 2 atom stereocenters. The normalized spacial score (nSPS) is 24.1. The highest BCUT2D eigenvalue weighted by Gasteiger charge is 2.40. The van der Waals surface area contributed by atoms with Crippen molar-refractivity contribution in [1.82, 2.24) is 5.32 Å². The van der Waals surface area contributed by atoms with Gasteiger partial charge >= 0.3 is 0 Å². The van der Waals surface area contributed by atoms with Crippen LogP contribution in [0.25, 0.3) is 0 Å². The Bertz CT molecular complexity index is 443. The Morgan fingerprint density at radius 2 is 2.00 bits per heavy atom. The molecule has 0 amide bonds. The Kier molecular flexibility index (Phi) is 4.82. The van der Waals surface area contributed by atoms with E-state index in [0.717, 1.165) is 43.5 Å². The zero-order valence-corrected chi connectivity index (χ0v) is 13.1. The summed E-state index contributed by atoms with van der Waals surface area (Å²) >= 11 is 0. The first-order valence-electron chi connectivity index (χ1n) is 7.62. The molecular weight excluding hydrogens is 253 g/mol. The number of benzene rings is 1. The summed E-state index contributed by atoms with van der Waals surface area (Å²) in [5, 5.41) is 3.62. The van der Waals surface area contributed by atoms with E-state index < -0.39 is 0 Å². The molecule has 1 N–H and O–H groups in total. The van der Waals surface area contributed by atoms with Crippen molar-refractivity contribution in [3.63, 3.8) is 0 Å². The summed E-state index contributed by atoms with van der Waals surface area (Å²) in [6, 6.07) is 3.38. The molecule has 1 aromatic carbocycles. The van der Waals surface area contributed by atoms with Gasteiger partial charge in [-0.25, -0.2) is 4.39 Å². The van der Waals surface area contributed by atoms with E-state index in [9.17, 15) is 4.39 Å². The fourth-order valence-corrected chi connectivity index (χ4v) is 3.32. The van der Waals surface area contributed by atoms with Gasteiger partial charge in [0.25, 0.3) is 0 Å². The van der Waals surface area contributed by atoms with Gasteiger partial charge < -0.3 is 10.1 Å². The lowest BCUT2D eigenvalue weighted by Crippen LogP contribution is -2.42. The molecule has 3 heteroatoms. The standard InChI is InChI=1S/C17H26FNO/c1-5-8-19-16(17(4)7-6-9-20-17)15-12(2)10-14(18)11-13(15)3/h10-11,16,19H,5-9H2,1-4H3. The highest BCUT2D eigenvalue weighted by molar-refractivity contribution is 5.38. The van der Waals surface area contributed by atoms with E-state index in [1.807, 2.05) is 13.8 Å². The van der Waals surface area contributed by atoms with Crippen molar-refractivity contribution >= 4 is 0 Å². The quantitative estimate of drug-likeness (QED) is 0.878. The van der Waals surface area contributed by atoms with Crippen LogP contribution in [0.3, 0.4) is 0 Å². The number of nitrogens with one attached hydrogen (secondary N) is 1. The topological polar surface area (TPSA) is 21.3 Å². The molecule has 1 aliphatic heterocycles. The molecule has 1 saturated heterocycles. The fourth-order valence-electron chi connectivity index (χ4n) is 3.32. The maximum absolute atomic E-state index is 13.5. The van der Waals surface area contributed by atoms with Gasteiger partial charge in [-0.1, -0.05) is 6.92 Å². The summed E-state index contributed by atoms with van der Waals surface area (Å²) in [6.45, 7) is 10.1. The number of hydrogen-bond acceptors (Lipinski definition) is 2. The van der Waals surface area contributed by atoms with Crippen LogP contribution in [0.4, 0.5) is 4.39 Å². The molecule has 1 heterocycles. The summed E-state index contributed by atoms with van der Waals surface area (Å²) < 4.78 is 19.6. The van der Waals surface area contributed by atoms with E-state index in [-0.39, 0.29) is 17.5 Å². The lowest BCUT2D eigenvalue weighted by Gasteiger charge is -2.36. The van der Waals surface area contributed by atoms with E-state index in [4.69, 9.17) is 4.74 Å². The van der Waals surface area contributed by atoms with Crippen LogP contribution in [0.1, 0.15) is 55.8 Å². The van der Waals surface area contributed by atoms with Gasteiger partial charge in [-0.2, -0.15) is 0 Å². The van der Waals surface area contributed by atoms with Crippen LogP contribution in [-0.4, -0.2) is 18.8 Å². The Morgan fingerprint density at radius 1 is 1.35 bits per heavy atom. The molecule has 0 saturated carbocycles. The second-order valence-corrected chi connectivity index (χ2v) is 6.11. The number of ether oxygens (including phenoxy) is 1. The lowest BCUT2D eigenvalue weighted by molar-refractivity contribution is -0.0128. The SMILES string of the molecule is CCCNC(c1c(C)cc(F)cc1C)C1(C)CCCO1. The van der Waals surface area contributed by atoms with Gasteiger partial charge in [0.05, 0.1) is 11.6 Å². The first kappa shape index (κ1) is 15.5. The minimum atomic E-state index is -0.192. The average Bonchev–Trinajstić information content (AvgIpc) is 2.80. The van der Waals surface area contributed by atoms with E-state index in [2.05, 4.69) is 19.2 Å². The molecule has 2 unspecified atom stereocenters. The highest BCUT2D eigenvalue weighted by atomic mass is 19.1. The third kappa shape index (κ3) is 3.04. The van der Waals surface area contributed by atoms with Crippen molar-refractivity contribution in [2.24, 2.45) is 0 Å². The van der Waals surface area contributed by atoms with Crippen LogP contribution in [-0.2, 0) is 4.74 Å². The van der Waals surface area contributed by atoms with E-state index in [1.165, 1.54) is 5.56 Å². The van der Waals surface area contributed by atoms with E-state index in [0.29, 0.717) is 0 Å². The maximum atomic E-state index is 13.5. The second kappa shape index (κ2) is 6.23. The van der Waals surface area contributed by atoms with Crippen molar-refractivity contribution in [2.45, 2.75) is 58.6 Å². The van der Waals surface area contributed by atoms with E-state index >= 15 is 0 Å². The molecule has 1 fully saturated rings. The minimum Gasteiger partial charge on any atom is -0.373 e. The summed E-state index contributed by atoms with van der Waals surface area (Å²) in [4.78, 5) is 0. The maximum Gasteiger partial charge on any atom is 0.123 e. The van der Waals surface area contributed by atoms with Gasteiger partial charge in [0, 0.05) is 6.61 Å². The van der Waals surface area contributed by atoms with Gasteiger partial charge in [-0.3, -0.25) is 0 Å². The molecule has 0 spiro atoms. The largest absolute Gasteiger partial charge is 0.373 e. The van der Waals surface area contributed by atoms with Gasteiger partial charge in [0.2, 0.25) is 0 Å². The van der Waals surface area contributed by atoms with Gasteiger partial charge in [-0.05, 0) is 75.4 Å². The molecule has 1 aromatic rings. The molecule has 0 radical (unpaired) electrons. The number of hydrogen-bond donors (Lipinski definition) is 1. The lowest BCUT2D eigenvalue weighted by atomic mass is 9.83. The summed E-state index contributed by atoms with van der Waals surface area (Å²) in [7, 11) is 0. The Hall–Kier alpha value is -0.930. The first-order chi connectivity index (χ1) is 9.48. The highest BCUT2D eigenvalue weighted by Crippen LogP contribution is 2.39. The molecule has 112 valence electrons. The molecule has 2 rings (SSSR count). The minimum absolute atomic E-state index is 0.130. The fraction of sp³-hybridized carbons (Fsp3) is 0.647. The smallest absolute Gasteiger partial charge is 0.123 e. The summed E-state index contributed by atoms with van der Waals surface area (Å²) in [5.41, 5.74) is 3.02. The molecule has 20 heavy (non-hydrogen) atoms. The zero-order chi connectivity index (χ0) is 14.8. The molecule has 0 bridgehead atoms. The molecule has 2 nitrogen and oxygen atoms in total. The second-order valence-electron chi connectivity index (χ2n) is 6.11. The summed E-state index contributed by atoms with van der Waals surface area (Å²) in [6.07, 6.45) is 3.22. The van der Waals surface area contributed by atoms with Gasteiger partial charge in [0.15, 0.2) is 0 Å². The Labute approximate surface area is 121 Å². The van der Waals surface area contributed by atoms with Crippen molar-refractivity contribution in [3.8, 4) is 0 Å². The molecule has 0 aromatic heterocycles. The van der Waals surface area contributed by atoms with Crippen LogP contribution in [0, 0.1) is 19.7 Å². The predicted molar refractivity (Wildman–Crippen MR) is 80.5 cm³/mol. The van der Waals surface area contributed by atoms with Crippen LogP contribution in [0.2, 0.25) is 0 Å². The van der Waals surface area contributed by atoms with Crippen molar-refractivity contribution < 1.29 is 9.13 Å². The number of halogens is 1. The van der Waals surface area contributed by atoms with Crippen molar-refractivity contribution in [1.29, 1.82) is 0 Å². The average molecular weight is 279 g/mol. The predicted octanol–water partition coefficient (Wildman–Crippen LogP) is 4.05. The summed E-state index contributed by atoms with van der Waals surface area (Å²) in [5.74, 6) is -0.157. The van der Waals surface area contributed by atoms with Gasteiger partial charge in [-0.15, -0.1) is 0 Å². The molecule has 1 aliphatic rings. The molecular formula is C17H26FNO. The van der Waals surface area contributed by atoms with Gasteiger partial charge in [0.1, 0.15) is 5.82 Å². The van der Waals surface area contributed by atoms with Crippen molar-refractivity contribution in [3.05, 3.63) is 34.6 Å². The number of rotatable bonds is 5. The Morgan fingerprint density at radius 3 is 2.50 bits per heavy atom. The monoisotopic (exact) mass is 279 g/mol. The van der Waals surface area contributed by atoms with Crippen molar-refractivity contribution in [2.75, 3.05) is 13.2 Å². The van der Waals surface area contributed by atoms with Crippen LogP contribution >= 0.6 is 0 Å². The number of aryl methyl sites for hydroxylation is 2.